The van der Waals surface area contributed by atoms with Gasteiger partial charge in [0.15, 0.2) is 10.9 Å². The smallest absolute Gasteiger partial charge is 0.301 e. The number of thiazole rings is 1. The van der Waals surface area contributed by atoms with Gasteiger partial charge in [0.2, 0.25) is 0 Å². The average molecular weight is 587 g/mol. The number of aliphatic hydroxyl groups is 1. The Morgan fingerprint density at radius 2 is 1.93 bits per heavy atom. The van der Waals surface area contributed by atoms with Gasteiger partial charge in [-0.1, -0.05) is 54.5 Å². The number of benzene rings is 2. The van der Waals surface area contributed by atoms with Crippen LogP contribution in [0.2, 0.25) is 5.02 Å². The Balaban J connectivity index is 1.56. The highest BCUT2D eigenvalue weighted by Crippen LogP contribution is 2.45. The first-order chi connectivity index (χ1) is 19.8. The van der Waals surface area contributed by atoms with E-state index in [1.54, 1.807) is 24.3 Å². The molecule has 1 unspecified atom stereocenters. The van der Waals surface area contributed by atoms with Gasteiger partial charge in [0.1, 0.15) is 17.1 Å². The molecule has 1 saturated heterocycles. The third-order valence-electron chi connectivity index (χ3n) is 7.24. The zero-order valence-electron chi connectivity index (χ0n) is 22.7. The van der Waals surface area contributed by atoms with Crippen molar-refractivity contribution in [3.05, 3.63) is 93.9 Å². The summed E-state index contributed by atoms with van der Waals surface area (Å²) in [5.74, 6) is -1.32. The molecule has 0 saturated carbocycles. The number of pyridine rings is 1. The molecule has 8 nitrogen and oxygen atoms in total. The van der Waals surface area contributed by atoms with Crippen LogP contribution in [-0.2, 0) is 9.59 Å². The molecule has 1 aliphatic heterocycles. The van der Waals surface area contributed by atoms with E-state index in [-0.39, 0.29) is 17.0 Å². The lowest BCUT2D eigenvalue weighted by Gasteiger charge is -2.23. The second kappa shape index (κ2) is 10.6. The maximum atomic E-state index is 13.7. The highest BCUT2D eigenvalue weighted by atomic mass is 35.5. The van der Waals surface area contributed by atoms with Crippen molar-refractivity contribution in [2.75, 3.05) is 11.5 Å². The van der Waals surface area contributed by atoms with Gasteiger partial charge in [-0.05, 0) is 67.8 Å². The van der Waals surface area contributed by atoms with E-state index in [9.17, 15) is 14.7 Å². The van der Waals surface area contributed by atoms with Crippen molar-refractivity contribution in [1.29, 1.82) is 0 Å². The van der Waals surface area contributed by atoms with Crippen molar-refractivity contribution in [3.63, 3.8) is 0 Å². The summed E-state index contributed by atoms with van der Waals surface area (Å²) in [6, 6.07) is 15.4. The van der Waals surface area contributed by atoms with Crippen molar-refractivity contribution in [2.24, 2.45) is 0 Å². The minimum atomic E-state index is -0.953. The van der Waals surface area contributed by atoms with Gasteiger partial charge in [-0.2, -0.15) is 0 Å². The number of carbonyl (C=O) groups is 2. The summed E-state index contributed by atoms with van der Waals surface area (Å²) in [5, 5.41) is 12.6. The number of aryl methyl sites for hydroxylation is 2. The minimum Gasteiger partial charge on any atom is -0.505 e. The summed E-state index contributed by atoms with van der Waals surface area (Å²) in [5.41, 5.74) is 3.67. The lowest BCUT2D eigenvalue weighted by atomic mass is 9.96. The Morgan fingerprint density at radius 1 is 1.10 bits per heavy atom. The number of anilines is 1. The number of rotatable bonds is 7. The molecule has 6 rings (SSSR count). The van der Waals surface area contributed by atoms with E-state index in [4.69, 9.17) is 16.3 Å². The number of imidazole rings is 1. The highest BCUT2D eigenvalue weighted by molar-refractivity contribution is 7.22. The second-order valence-corrected chi connectivity index (χ2v) is 11.4. The number of carbonyl (C=O) groups excluding carboxylic acids is 2. The van der Waals surface area contributed by atoms with Crippen molar-refractivity contribution in [3.8, 4) is 5.75 Å². The van der Waals surface area contributed by atoms with Crippen LogP contribution in [0.25, 0.3) is 21.6 Å². The first kappa shape index (κ1) is 27.0. The van der Waals surface area contributed by atoms with Crippen molar-refractivity contribution in [1.82, 2.24) is 14.4 Å². The summed E-state index contributed by atoms with van der Waals surface area (Å²) < 4.78 is 8.58. The largest absolute Gasteiger partial charge is 0.505 e. The van der Waals surface area contributed by atoms with Crippen LogP contribution in [0.1, 0.15) is 48.3 Å². The van der Waals surface area contributed by atoms with E-state index >= 15 is 0 Å². The first-order valence-electron chi connectivity index (χ1n) is 13.3. The predicted octanol–water partition coefficient (Wildman–Crippen LogP) is 7.02. The van der Waals surface area contributed by atoms with Crippen LogP contribution < -0.4 is 9.64 Å². The Hall–Kier alpha value is -4.21. The van der Waals surface area contributed by atoms with Crippen LogP contribution in [0.15, 0.2) is 66.4 Å². The Bertz CT molecular complexity index is 1870. The van der Waals surface area contributed by atoms with Crippen LogP contribution >= 0.6 is 22.9 Å². The number of fused-ring (bicyclic) bond motifs is 2. The third kappa shape index (κ3) is 4.65. The van der Waals surface area contributed by atoms with Gasteiger partial charge < -0.3 is 14.2 Å². The fourth-order valence-corrected chi connectivity index (χ4v) is 6.39. The maximum absolute atomic E-state index is 13.7. The van der Waals surface area contributed by atoms with Crippen molar-refractivity contribution >= 4 is 61.4 Å². The molecule has 41 heavy (non-hydrogen) atoms. The normalized spacial score (nSPS) is 16.8. The fourth-order valence-electron chi connectivity index (χ4n) is 5.12. The molecule has 2 aromatic carbocycles. The third-order valence-corrected chi connectivity index (χ3v) is 8.49. The topological polar surface area (TPSA) is 97.0 Å². The number of ether oxygens (including phenoxy) is 1. The number of hydrogen-bond donors (Lipinski definition) is 1. The number of aromatic nitrogens is 3. The fraction of sp³-hybridized carbons (Fsp3) is 0.226. The Labute approximate surface area is 245 Å². The van der Waals surface area contributed by atoms with Crippen LogP contribution in [-0.4, -0.2) is 37.8 Å². The van der Waals surface area contributed by atoms with Crippen LogP contribution in [0.3, 0.4) is 0 Å². The van der Waals surface area contributed by atoms with E-state index in [0.717, 1.165) is 23.1 Å². The number of halogens is 1. The molecule has 1 fully saturated rings. The van der Waals surface area contributed by atoms with E-state index in [0.29, 0.717) is 44.9 Å². The molecule has 10 heteroatoms. The van der Waals surface area contributed by atoms with Gasteiger partial charge >= 0.3 is 5.91 Å². The number of aliphatic hydroxyl groups excluding tert-OH is 1. The Morgan fingerprint density at radius 3 is 2.71 bits per heavy atom. The standard InChI is InChI=1S/C31H27ClN4O4S/c1-4-5-14-40-21-10-6-9-19(15-21)26-24(27(37)25-18(3)35-13-7-8-17(2)29(35)34-25)28(38)30(39)36(26)31-33-22-12-11-20(32)16-23(22)41-31/h6-13,15-16,26,37H,4-5,14H2,1-3H3. The lowest BCUT2D eigenvalue weighted by Crippen LogP contribution is -2.29. The molecule has 1 amide bonds. The van der Waals surface area contributed by atoms with Crippen molar-refractivity contribution < 1.29 is 19.4 Å². The molecule has 3 aromatic heterocycles. The molecule has 0 spiro atoms. The first-order valence-corrected chi connectivity index (χ1v) is 14.5. The zero-order chi connectivity index (χ0) is 28.8. The minimum absolute atomic E-state index is 0.0536. The predicted molar refractivity (Wildman–Crippen MR) is 161 cm³/mol. The molecule has 0 bridgehead atoms. The number of hydrogen-bond acceptors (Lipinski definition) is 7. The molecular weight excluding hydrogens is 560 g/mol. The summed E-state index contributed by atoms with van der Waals surface area (Å²) in [6.07, 6.45) is 3.73. The van der Waals surface area contributed by atoms with Crippen LogP contribution in [0.4, 0.5) is 5.13 Å². The van der Waals surface area contributed by atoms with E-state index in [1.165, 1.54) is 16.2 Å². The molecule has 1 aliphatic rings. The molecule has 0 radical (unpaired) electrons. The van der Waals surface area contributed by atoms with Gasteiger partial charge in [0, 0.05) is 11.2 Å². The molecule has 1 atom stereocenters. The molecule has 4 heterocycles. The highest BCUT2D eigenvalue weighted by Gasteiger charge is 2.48. The summed E-state index contributed by atoms with van der Waals surface area (Å²) in [6.45, 7) is 6.37. The zero-order valence-corrected chi connectivity index (χ0v) is 24.3. The lowest BCUT2D eigenvalue weighted by molar-refractivity contribution is -0.132. The second-order valence-electron chi connectivity index (χ2n) is 9.98. The monoisotopic (exact) mass is 586 g/mol. The molecule has 0 aliphatic carbocycles. The molecular formula is C31H27ClN4O4S. The van der Waals surface area contributed by atoms with Crippen LogP contribution in [0.5, 0.6) is 5.75 Å². The molecule has 1 N–H and O–H groups in total. The van der Waals surface area contributed by atoms with Gasteiger partial charge in [0.25, 0.3) is 5.78 Å². The SMILES string of the molecule is CCCCOc1cccc(C2C(=C(O)c3nc4c(C)cccn4c3C)C(=O)C(=O)N2c2nc3ccc(Cl)cc3s2)c1. The summed E-state index contributed by atoms with van der Waals surface area (Å²) in [4.78, 5) is 38.1. The van der Waals surface area contributed by atoms with Crippen molar-refractivity contribution in [2.45, 2.75) is 39.7 Å². The summed E-state index contributed by atoms with van der Waals surface area (Å²) >= 11 is 7.46. The van der Waals surface area contributed by atoms with E-state index in [2.05, 4.69) is 16.9 Å². The molecule has 208 valence electrons. The van der Waals surface area contributed by atoms with Gasteiger partial charge in [-0.25, -0.2) is 9.97 Å². The maximum Gasteiger partial charge on any atom is 0.301 e. The number of unbranched alkanes of at least 4 members (excludes halogenated alkanes) is 1. The van der Waals surface area contributed by atoms with Gasteiger partial charge in [-0.15, -0.1) is 0 Å². The van der Waals surface area contributed by atoms with Crippen LogP contribution in [0, 0.1) is 13.8 Å². The molecule has 5 aromatic rings. The van der Waals surface area contributed by atoms with E-state index < -0.39 is 17.7 Å². The number of Topliss-reactive ketones (excluding diaryl/α,β-unsaturated/α-hetero) is 1. The quantitative estimate of drug-likeness (QED) is 0.0952. The average Bonchev–Trinajstić information content (AvgIpc) is 3.61. The summed E-state index contributed by atoms with van der Waals surface area (Å²) in [7, 11) is 0. The van der Waals surface area contributed by atoms with Gasteiger partial charge in [0.05, 0.1) is 34.1 Å². The van der Waals surface area contributed by atoms with E-state index in [1.807, 2.05) is 54.8 Å². The van der Waals surface area contributed by atoms with Gasteiger partial charge in [-0.3, -0.25) is 14.5 Å². The number of amides is 1. The number of ketones is 1. The number of nitrogens with zero attached hydrogens (tertiary/aromatic N) is 4. The Kier molecular flexibility index (Phi) is 7.01.